The number of nitro groups is 1. The summed E-state index contributed by atoms with van der Waals surface area (Å²) in [5.41, 5.74) is 1.88. The van der Waals surface area contributed by atoms with E-state index >= 15 is 0 Å². The highest BCUT2D eigenvalue weighted by Crippen LogP contribution is 2.28. The lowest BCUT2D eigenvalue weighted by molar-refractivity contribution is -0.384. The summed E-state index contributed by atoms with van der Waals surface area (Å²) in [6, 6.07) is 14.3. The molecule has 3 rings (SSSR count). The first kappa shape index (κ1) is 12.7. The number of benzene rings is 2. The van der Waals surface area contributed by atoms with Crippen LogP contribution in [-0.2, 0) is 0 Å². The van der Waals surface area contributed by atoms with Gasteiger partial charge in [-0.1, -0.05) is 18.2 Å². The number of thioether (sulfide) groups is 1. The second-order valence-corrected chi connectivity index (χ2v) is 5.01. The summed E-state index contributed by atoms with van der Waals surface area (Å²) in [5.74, 6) is 0. The van der Waals surface area contributed by atoms with Crippen molar-refractivity contribution < 1.29 is 4.92 Å². The van der Waals surface area contributed by atoms with Gasteiger partial charge in [0.1, 0.15) is 5.03 Å². The Morgan fingerprint density at radius 3 is 2.50 bits per heavy atom. The average Bonchev–Trinajstić information content (AvgIpc) is 2.86. The van der Waals surface area contributed by atoms with E-state index in [4.69, 9.17) is 0 Å². The molecule has 1 aromatic heterocycles. The SMILES string of the molecule is CSc1nn(-c2ccc([N+](=O)[O-])cc2)c2ccccc12. The molecular formula is C14H11N3O2S. The van der Waals surface area contributed by atoms with Crippen molar-refractivity contribution in [3.8, 4) is 5.69 Å². The molecular weight excluding hydrogens is 274 g/mol. The lowest BCUT2D eigenvalue weighted by atomic mass is 10.2. The Balaban J connectivity index is 2.16. The monoisotopic (exact) mass is 285 g/mol. The third kappa shape index (κ3) is 2.04. The number of hydrogen-bond donors (Lipinski definition) is 0. The number of para-hydroxylation sites is 1. The normalized spacial score (nSPS) is 10.8. The lowest BCUT2D eigenvalue weighted by Gasteiger charge is -2.02. The van der Waals surface area contributed by atoms with E-state index in [0.717, 1.165) is 21.6 Å². The first-order valence-corrected chi connectivity index (χ1v) is 7.20. The molecule has 5 nitrogen and oxygen atoms in total. The van der Waals surface area contributed by atoms with Crippen LogP contribution < -0.4 is 0 Å². The highest BCUT2D eigenvalue weighted by atomic mass is 32.2. The molecule has 0 radical (unpaired) electrons. The zero-order valence-corrected chi connectivity index (χ0v) is 11.5. The van der Waals surface area contributed by atoms with Gasteiger partial charge < -0.3 is 0 Å². The van der Waals surface area contributed by atoms with Crippen LogP contribution >= 0.6 is 11.8 Å². The van der Waals surface area contributed by atoms with Gasteiger partial charge in [0, 0.05) is 17.5 Å². The van der Waals surface area contributed by atoms with E-state index in [0.29, 0.717) is 0 Å². The van der Waals surface area contributed by atoms with Gasteiger partial charge in [-0.3, -0.25) is 10.1 Å². The zero-order chi connectivity index (χ0) is 14.1. The molecule has 6 heteroatoms. The van der Waals surface area contributed by atoms with E-state index in [1.165, 1.54) is 12.1 Å². The van der Waals surface area contributed by atoms with Crippen molar-refractivity contribution in [2.24, 2.45) is 0 Å². The van der Waals surface area contributed by atoms with Gasteiger partial charge in [-0.2, -0.15) is 5.10 Å². The molecule has 0 aliphatic carbocycles. The van der Waals surface area contributed by atoms with E-state index in [-0.39, 0.29) is 5.69 Å². The van der Waals surface area contributed by atoms with E-state index in [9.17, 15) is 10.1 Å². The van der Waals surface area contributed by atoms with Crippen molar-refractivity contribution in [3.63, 3.8) is 0 Å². The molecule has 0 N–H and O–H groups in total. The van der Waals surface area contributed by atoms with Gasteiger partial charge in [0.15, 0.2) is 0 Å². The molecule has 0 saturated heterocycles. The molecule has 2 aromatic carbocycles. The Labute approximate surface area is 119 Å². The van der Waals surface area contributed by atoms with Crippen LogP contribution in [0.5, 0.6) is 0 Å². The lowest BCUT2D eigenvalue weighted by Crippen LogP contribution is -1.96. The van der Waals surface area contributed by atoms with Crippen LogP contribution in [-0.4, -0.2) is 21.0 Å². The minimum Gasteiger partial charge on any atom is -0.258 e. The van der Waals surface area contributed by atoms with Crippen LogP contribution in [0.4, 0.5) is 5.69 Å². The maximum atomic E-state index is 10.7. The van der Waals surface area contributed by atoms with Crippen molar-refractivity contribution in [2.45, 2.75) is 5.03 Å². The second-order valence-electron chi connectivity index (χ2n) is 4.21. The molecule has 3 aromatic rings. The van der Waals surface area contributed by atoms with Crippen LogP contribution in [0.1, 0.15) is 0 Å². The molecule has 0 saturated carbocycles. The van der Waals surface area contributed by atoms with Crippen molar-refractivity contribution >= 4 is 28.4 Å². The van der Waals surface area contributed by atoms with Gasteiger partial charge in [0.25, 0.3) is 5.69 Å². The third-order valence-electron chi connectivity index (χ3n) is 3.05. The summed E-state index contributed by atoms with van der Waals surface area (Å²) >= 11 is 1.58. The van der Waals surface area contributed by atoms with Gasteiger partial charge in [-0.05, 0) is 24.5 Å². The van der Waals surface area contributed by atoms with E-state index in [1.54, 1.807) is 23.9 Å². The standard InChI is InChI=1S/C14H11N3O2S/c1-20-14-12-4-2-3-5-13(12)16(15-14)10-6-8-11(9-7-10)17(18)19/h2-9H,1H3. The summed E-state index contributed by atoms with van der Waals surface area (Å²) in [6.07, 6.45) is 1.98. The Kier molecular flexibility index (Phi) is 3.15. The molecule has 0 aliphatic heterocycles. The first-order valence-electron chi connectivity index (χ1n) is 5.97. The molecule has 1 heterocycles. The van der Waals surface area contributed by atoms with Gasteiger partial charge in [0.2, 0.25) is 0 Å². The van der Waals surface area contributed by atoms with Gasteiger partial charge in [-0.15, -0.1) is 11.8 Å². The van der Waals surface area contributed by atoms with Crippen LogP contribution in [0.3, 0.4) is 0 Å². The van der Waals surface area contributed by atoms with Crippen LogP contribution in [0, 0.1) is 10.1 Å². The van der Waals surface area contributed by atoms with Gasteiger partial charge >= 0.3 is 0 Å². The largest absolute Gasteiger partial charge is 0.269 e. The van der Waals surface area contributed by atoms with Crippen molar-refractivity contribution in [1.29, 1.82) is 0 Å². The summed E-state index contributed by atoms with van der Waals surface area (Å²) in [4.78, 5) is 10.3. The highest BCUT2D eigenvalue weighted by molar-refractivity contribution is 7.98. The smallest absolute Gasteiger partial charge is 0.258 e. The number of hydrogen-bond acceptors (Lipinski definition) is 4. The summed E-state index contributed by atoms with van der Waals surface area (Å²) in [7, 11) is 0. The van der Waals surface area contributed by atoms with Crippen molar-refractivity contribution in [2.75, 3.05) is 6.26 Å². The Hall–Kier alpha value is -2.34. The van der Waals surface area contributed by atoms with Crippen molar-refractivity contribution in [3.05, 3.63) is 58.6 Å². The molecule has 0 fully saturated rings. The third-order valence-corrected chi connectivity index (χ3v) is 3.74. The Morgan fingerprint density at radius 1 is 1.15 bits per heavy atom. The molecule has 0 aliphatic rings. The quantitative estimate of drug-likeness (QED) is 0.418. The van der Waals surface area contributed by atoms with Gasteiger partial charge in [0.05, 0.1) is 16.1 Å². The fourth-order valence-electron chi connectivity index (χ4n) is 2.10. The van der Waals surface area contributed by atoms with E-state index < -0.39 is 4.92 Å². The molecule has 0 spiro atoms. The zero-order valence-electron chi connectivity index (χ0n) is 10.7. The summed E-state index contributed by atoms with van der Waals surface area (Å²) in [6.45, 7) is 0. The molecule has 0 unspecified atom stereocenters. The van der Waals surface area contributed by atoms with E-state index in [1.807, 2.05) is 35.2 Å². The fourth-order valence-corrected chi connectivity index (χ4v) is 2.66. The Morgan fingerprint density at radius 2 is 1.85 bits per heavy atom. The maximum absolute atomic E-state index is 10.7. The highest BCUT2D eigenvalue weighted by Gasteiger charge is 2.11. The number of rotatable bonds is 3. The average molecular weight is 285 g/mol. The number of aromatic nitrogens is 2. The van der Waals surface area contributed by atoms with Crippen LogP contribution in [0.2, 0.25) is 0 Å². The number of nitrogens with zero attached hydrogens (tertiary/aromatic N) is 3. The Bertz CT molecular complexity index is 781. The summed E-state index contributed by atoms with van der Waals surface area (Å²) in [5, 5.41) is 17.3. The van der Waals surface area contributed by atoms with Crippen LogP contribution in [0.25, 0.3) is 16.6 Å². The molecule has 0 atom stereocenters. The predicted molar refractivity (Wildman–Crippen MR) is 79.5 cm³/mol. The topological polar surface area (TPSA) is 61.0 Å². The predicted octanol–water partition coefficient (Wildman–Crippen LogP) is 3.66. The number of fused-ring (bicyclic) bond motifs is 1. The molecule has 0 bridgehead atoms. The minimum atomic E-state index is -0.404. The number of non-ortho nitro benzene ring substituents is 1. The molecule has 0 amide bonds. The first-order chi connectivity index (χ1) is 9.70. The van der Waals surface area contributed by atoms with Crippen molar-refractivity contribution in [1.82, 2.24) is 9.78 Å². The fraction of sp³-hybridized carbons (Fsp3) is 0.0714. The summed E-state index contributed by atoms with van der Waals surface area (Å²) < 4.78 is 1.81. The second kappa shape index (κ2) is 4.97. The minimum absolute atomic E-state index is 0.0790. The maximum Gasteiger partial charge on any atom is 0.269 e. The molecule has 20 heavy (non-hydrogen) atoms. The van der Waals surface area contributed by atoms with Gasteiger partial charge in [-0.25, -0.2) is 4.68 Å². The van der Waals surface area contributed by atoms with Crippen LogP contribution in [0.15, 0.2) is 53.6 Å². The molecule has 100 valence electrons. The number of nitro benzene ring substituents is 1. The van der Waals surface area contributed by atoms with E-state index in [2.05, 4.69) is 5.10 Å².